The van der Waals surface area contributed by atoms with Crippen LogP contribution in [-0.2, 0) is 4.79 Å². The van der Waals surface area contributed by atoms with Gasteiger partial charge in [0.05, 0.1) is 0 Å². The van der Waals surface area contributed by atoms with Gasteiger partial charge in [-0.15, -0.1) is 0 Å². The van der Waals surface area contributed by atoms with Gasteiger partial charge in [0, 0.05) is 35.7 Å². The van der Waals surface area contributed by atoms with Crippen molar-refractivity contribution in [3.63, 3.8) is 0 Å². The van der Waals surface area contributed by atoms with Crippen molar-refractivity contribution in [2.45, 2.75) is 26.7 Å². The predicted molar refractivity (Wildman–Crippen MR) is 102 cm³/mol. The Morgan fingerprint density at radius 1 is 1.15 bits per heavy atom. The summed E-state index contributed by atoms with van der Waals surface area (Å²) < 4.78 is 13.3. The minimum absolute atomic E-state index is 0.0335. The van der Waals surface area contributed by atoms with Crippen LogP contribution in [-0.4, -0.2) is 29.8 Å². The van der Waals surface area contributed by atoms with Crippen LogP contribution in [0.25, 0.3) is 0 Å². The van der Waals surface area contributed by atoms with Crippen LogP contribution in [0, 0.1) is 31.0 Å². The summed E-state index contributed by atoms with van der Waals surface area (Å²) in [5.74, 6) is -0.532. The minimum Gasteiger partial charge on any atom is -0.338 e. The van der Waals surface area contributed by atoms with Crippen molar-refractivity contribution in [2.75, 3.05) is 18.4 Å². The summed E-state index contributed by atoms with van der Waals surface area (Å²) >= 11 is 0. The Kier molecular flexibility index (Phi) is 4.25. The Labute approximate surface area is 158 Å². The first kappa shape index (κ1) is 17.7. The molecule has 1 spiro atoms. The van der Waals surface area contributed by atoms with Gasteiger partial charge in [0.1, 0.15) is 5.82 Å². The van der Waals surface area contributed by atoms with Crippen molar-refractivity contribution in [3.8, 4) is 0 Å². The fourth-order valence-corrected chi connectivity index (χ4v) is 4.09. The molecule has 27 heavy (non-hydrogen) atoms. The number of hydrogen-bond acceptors (Lipinski definition) is 2. The standard InChI is InChI=1S/C22H23FN2O2/c1-14-6-7-16(10-15(14)2)21(27)25-9-8-22(13-25)12-19(22)20(26)24-18-5-3-4-17(23)11-18/h3-7,10-11,19H,8-9,12-13H2,1-2H3,(H,24,26)/t19-,22-/m1/s1. The van der Waals surface area contributed by atoms with Gasteiger partial charge in [0.25, 0.3) is 5.91 Å². The van der Waals surface area contributed by atoms with Gasteiger partial charge in [-0.05, 0) is 68.1 Å². The number of carbonyl (C=O) groups excluding carboxylic acids is 2. The van der Waals surface area contributed by atoms with Gasteiger partial charge in [-0.25, -0.2) is 4.39 Å². The molecule has 2 amide bonds. The van der Waals surface area contributed by atoms with Crippen molar-refractivity contribution in [3.05, 3.63) is 65.0 Å². The first-order valence-corrected chi connectivity index (χ1v) is 9.31. The van der Waals surface area contributed by atoms with E-state index in [1.165, 1.54) is 17.7 Å². The van der Waals surface area contributed by atoms with Crippen molar-refractivity contribution in [2.24, 2.45) is 11.3 Å². The van der Waals surface area contributed by atoms with Crippen molar-refractivity contribution >= 4 is 17.5 Å². The number of rotatable bonds is 3. The highest BCUT2D eigenvalue weighted by molar-refractivity contribution is 5.97. The molecule has 0 bridgehead atoms. The van der Waals surface area contributed by atoms with Crippen LogP contribution in [0.5, 0.6) is 0 Å². The Morgan fingerprint density at radius 2 is 1.96 bits per heavy atom. The van der Waals surface area contributed by atoms with Crippen molar-refractivity contribution in [1.29, 1.82) is 0 Å². The number of carbonyl (C=O) groups is 2. The quantitative estimate of drug-likeness (QED) is 0.895. The van der Waals surface area contributed by atoms with Gasteiger partial charge in [-0.1, -0.05) is 12.1 Å². The number of nitrogens with zero attached hydrogens (tertiary/aromatic N) is 1. The number of halogens is 1. The molecule has 1 saturated heterocycles. The molecule has 2 aromatic rings. The van der Waals surface area contributed by atoms with E-state index in [2.05, 4.69) is 5.32 Å². The van der Waals surface area contributed by atoms with E-state index in [1.54, 1.807) is 12.1 Å². The number of amides is 2. The molecule has 2 fully saturated rings. The number of aryl methyl sites for hydroxylation is 2. The van der Waals surface area contributed by atoms with Crippen LogP contribution in [0.4, 0.5) is 10.1 Å². The van der Waals surface area contributed by atoms with Crippen LogP contribution < -0.4 is 5.32 Å². The van der Waals surface area contributed by atoms with Gasteiger partial charge in [0.2, 0.25) is 5.91 Å². The molecule has 140 valence electrons. The summed E-state index contributed by atoms with van der Waals surface area (Å²) in [7, 11) is 0. The maximum absolute atomic E-state index is 13.3. The van der Waals surface area contributed by atoms with Gasteiger partial charge in [0.15, 0.2) is 0 Å². The third-order valence-electron chi connectivity index (χ3n) is 6.02. The van der Waals surface area contributed by atoms with E-state index in [-0.39, 0.29) is 29.0 Å². The first-order valence-electron chi connectivity index (χ1n) is 9.31. The molecule has 2 aromatic carbocycles. The summed E-state index contributed by atoms with van der Waals surface area (Å²) in [4.78, 5) is 27.2. The molecule has 1 aliphatic carbocycles. The normalized spacial score (nSPS) is 23.5. The van der Waals surface area contributed by atoms with E-state index in [1.807, 2.05) is 36.9 Å². The second-order valence-electron chi connectivity index (χ2n) is 7.89. The van der Waals surface area contributed by atoms with Crippen molar-refractivity contribution < 1.29 is 14.0 Å². The predicted octanol–water partition coefficient (Wildman–Crippen LogP) is 3.93. The van der Waals surface area contributed by atoms with Gasteiger partial charge in [-0.3, -0.25) is 9.59 Å². The average Bonchev–Trinajstić information content (AvgIpc) is 3.17. The van der Waals surface area contributed by atoms with E-state index in [9.17, 15) is 14.0 Å². The molecule has 1 saturated carbocycles. The van der Waals surface area contributed by atoms with E-state index in [0.29, 0.717) is 24.3 Å². The molecule has 1 heterocycles. The molecule has 0 aromatic heterocycles. The maximum atomic E-state index is 13.3. The van der Waals surface area contributed by atoms with Crippen LogP contribution in [0.2, 0.25) is 0 Å². The second-order valence-corrected chi connectivity index (χ2v) is 7.89. The second kappa shape index (κ2) is 6.48. The van der Waals surface area contributed by atoms with Gasteiger partial charge >= 0.3 is 0 Å². The number of likely N-dealkylation sites (tertiary alicyclic amines) is 1. The summed E-state index contributed by atoms with van der Waals surface area (Å²) in [5.41, 5.74) is 3.33. The summed E-state index contributed by atoms with van der Waals surface area (Å²) in [6, 6.07) is 11.7. The Hall–Kier alpha value is -2.69. The fourth-order valence-electron chi connectivity index (χ4n) is 4.09. The molecule has 0 radical (unpaired) electrons. The summed E-state index contributed by atoms with van der Waals surface area (Å²) in [5, 5.41) is 2.80. The molecule has 0 unspecified atom stereocenters. The lowest BCUT2D eigenvalue weighted by Gasteiger charge is -2.17. The summed E-state index contributed by atoms with van der Waals surface area (Å²) in [6.45, 7) is 5.32. The fraction of sp³-hybridized carbons (Fsp3) is 0.364. The highest BCUT2D eigenvalue weighted by Gasteiger charge is 2.61. The summed E-state index contributed by atoms with van der Waals surface area (Å²) in [6.07, 6.45) is 1.62. The Morgan fingerprint density at radius 3 is 2.70 bits per heavy atom. The van der Waals surface area contributed by atoms with Gasteiger partial charge < -0.3 is 10.2 Å². The van der Waals surface area contributed by atoms with Crippen LogP contribution in [0.3, 0.4) is 0 Å². The molecular weight excluding hydrogens is 343 g/mol. The highest BCUT2D eigenvalue weighted by atomic mass is 19.1. The van der Waals surface area contributed by atoms with Crippen molar-refractivity contribution in [1.82, 2.24) is 4.90 Å². The van der Waals surface area contributed by atoms with E-state index in [0.717, 1.165) is 18.4 Å². The molecule has 1 aliphatic heterocycles. The average molecular weight is 366 g/mol. The molecular formula is C22H23FN2O2. The zero-order valence-electron chi connectivity index (χ0n) is 15.6. The zero-order valence-corrected chi connectivity index (χ0v) is 15.6. The van der Waals surface area contributed by atoms with Crippen LogP contribution in [0.1, 0.15) is 34.3 Å². The zero-order chi connectivity index (χ0) is 19.2. The SMILES string of the molecule is Cc1ccc(C(=O)N2CC[C@@]3(C[C@@H]3C(=O)Nc3cccc(F)c3)C2)cc1C. The smallest absolute Gasteiger partial charge is 0.253 e. The monoisotopic (exact) mass is 366 g/mol. The molecule has 2 atom stereocenters. The topological polar surface area (TPSA) is 49.4 Å². The number of nitrogens with one attached hydrogen (secondary N) is 1. The largest absolute Gasteiger partial charge is 0.338 e. The Bertz CT molecular complexity index is 926. The highest BCUT2D eigenvalue weighted by Crippen LogP contribution is 2.58. The van der Waals surface area contributed by atoms with E-state index >= 15 is 0 Å². The van der Waals surface area contributed by atoms with Crippen LogP contribution in [0.15, 0.2) is 42.5 Å². The minimum atomic E-state index is -0.371. The van der Waals surface area contributed by atoms with Crippen LogP contribution >= 0.6 is 0 Å². The van der Waals surface area contributed by atoms with E-state index in [4.69, 9.17) is 0 Å². The lowest BCUT2D eigenvalue weighted by Crippen LogP contribution is -2.30. The molecule has 2 aliphatic rings. The molecule has 1 N–H and O–H groups in total. The molecule has 4 rings (SSSR count). The number of anilines is 1. The Balaban J connectivity index is 1.40. The lowest BCUT2D eigenvalue weighted by molar-refractivity contribution is -0.118. The first-order chi connectivity index (χ1) is 12.9. The number of benzene rings is 2. The number of hydrogen-bond donors (Lipinski definition) is 1. The van der Waals surface area contributed by atoms with E-state index < -0.39 is 0 Å². The third kappa shape index (κ3) is 3.34. The molecule has 5 heteroatoms. The lowest BCUT2D eigenvalue weighted by atomic mass is 10.0. The van der Waals surface area contributed by atoms with Gasteiger partial charge in [-0.2, -0.15) is 0 Å². The maximum Gasteiger partial charge on any atom is 0.253 e. The molecule has 4 nitrogen and oxygen atoms in total. The third-order valence-corrected chi connectivity index (χ3v) is 6.02.